The lowest BCUT2D eigenvalue weighted by atomic mass is 10.2. The maximum absolute atomic E-state index is 11.7. The topological polar surface area (TPSA) is 68.2 Å². The molecule has 0 saturated carbocycles. The van der Waals surface area contributed by atoms with Crippen molar-refractivity contribution in [2.45, 2.75) is 0 Å². The average molecular weight is 344 g/mol. The highest BCUT2D eigenvalue weighted by Crippen LogP contribution is 2.28. The number of hydrazone groups is 1. The number of nitrogens with one attached hydrogen (secondary N) is 1. The Morgan fingerprint density at radius 1 is 0.846 bits per heavy atom. The van der Waals surface area contributed by atoms with Crippen molar-refractivity contribution in [3.8, 4) is 0 Å². The molecule has 0 radical (unpaired) electrons. The van der Waals surface area contributed by atoms with E-state index in [-0.39, 0.29) is 5.56 Å². The van der Waals surface area contributed by atoms with Gasteiger partial charge in [0.25, 0.3) is 0 Å². The molecule has 0 aromatic heterocycles. The van der Waals surface area contributed by atoms with E-state index in [0.717, 1.165) is 11.3 Å². The molecule has 1 heterocycles. The van der Waals surface area contributed by atoms with Crippen molar-refractivity contribution in [1.29, 1.82) is 0 Å². The minimum Gasteiger partial charge on any atom is -0.478 e. The van der Waals surface area contributed by atoms with Crippen LogP contribution in [-0.4, -0.2) is 16.9 Å². The highest BCUT2D eigenvalue weighted by Gasteiger charge is 2.29. The normalized spacial score (nSPS) is 13.3. The summed E-state index contributed by atoms with van der Waals surface area (Å²) in [6.07, 6.45) is 0. The van der Waals surface area contributed by atoms with Crippen molar-refractivity contribution in [2.24, 2.45) is 5.10 Å². The van der Waals surface area contributed by atoms with Crippen LogP contribution in [0.5, 0.6) is 0 Å². The van der Waals surface area contributed by atoms with Gasteiger partial charge in [0.05, 0.1) is 11.3 Å². The number of hydrogen-bond acceptors (Lipinski definition) is 5. The lowest BCUT2D eigenvalue weighted by Gasteiger charge is -2.28. The molecular formula is C20H16N4O2. The van der Waals surface area contributed by atoms with Crippen molar-refractivity contribution < 1.29 is 9.90 Å². The summed E-state index contributed by atoms with van der Waals surface area (Å²) in [4.78, 5) is 11.7. The molecule has 2 N–H and O–H groups in total. The monoisotopic (exact) mass is 344 g/mol. The Bertz CT molecular complexity index is 958. The lowest BCUT2D eigenvalue weighted by Crippen LogP contribution is -2.45. The fourth-order valence-electron chi connectivity index (χ4n) is 2.76. The van der Waals surface area contributed by atoms with E-state index >= 15 is 0 Å². The van der Waals surface area contributed by atoms with Crippen LogP contribution in [0.3, 0.4) is 0 Å². The summed E-state index contributed by atoms with van der Waals surface area (Å²) in [5.74, 6) is -0.369. The Hall–Kier alpha value is -3.80. The summed E-state index contributed by atoms with van der Waals surface area (Å²) >= 11 is 0. The number of carboxylic acid groups (broad SMARTS) is 1. The second-order valence-corrected chi connectivity index (χ2v) is 5.69. The van der Waals surface area contributed by atoms with Crippen LogP contribution in [0.25, 0.3) is 0 Å². The largest absolute Gasteiger partial charge is 0.478 e. The molecule has 1 aliphatic rings. The van der Waals surface area contributed by atoms with Gasteiger partial charge in [-0.25, -0.2) is 4.79 Å². The van der Waals surface area contributed by atoms with Gasteiger partial charge in [-0.2, -0.15) is 5.12 Å². The van der Waals surface area contributed by atoms with Gasteiger partial charge < -0.3 is 5.11 Å². The van der Waals surface area contributed by atoms with E-state index in [4.69, 9.17) is 0 Å². The van der Waals surface area contributed by atoms with Crippen LogP contribution in [0.1, 0.15) is 15.9 Å². The molecule has 0 saturated heterocycles. The molecular weight excluding hydrogens is 328 g/mol. The number of aromatic carboxylic acids is 1. The highest BCUT2D eigenvalue weighted by atomic mass is 16.4. The summed E-state index contributed by atoms with van der Waals surface area (Å²) in [5.41, 5.74) is 5.65. The van der Waals surface area contributed by atoms with Crippen LogP contribution < -0.4 is 15.7 Å². The van der Waals surface area contributed by atoms with E-state index in [0.29, 0.717) is 11.5 Å². The van der Waals surface area contributed by atoms with E-state index < -0.39 is 5.97 Å². The smallest absolute Gasteiger partial charge is 0.337 e. The summed E-state index contributed by atoms with van der Waals surface area (Å²) in [6, 6.07) is 26.1. The summed E-state index contributed by atoms with van der Waals surface area (Å²) in [5, 5.41) is 17.5. The van der Waals surface area contributed by atoms with Crippen LogP contribution in [0, 0.1) is 0 Å². The number of hydrazine groups is 2. The number of nitrogens with zero attached hydrogens (tertiary/aromatic N) is 3. The molecule has 4 rings (SSSR count). The second kappa shape index (κ2) is 6.60. The molecule has 0 fully saturated rings. The SMILES string of the molecule is O=C(O)c1ccccc1N1N=C(c2ccccc2)NN1c1ccccc1. The Kier molecular flexibility index (Phi) is 3.99. The third kappa shape index (κ3) is 2.84. The first-order chi connectivity index (χ1) is 12.7. The first-order valence-corrected chi connectivity index (χ1v) is 8.12. The van der Waals surface area contributed by atoms with Gasteiger partial charge in [-0.3, -0.25) is 5.43 Å². The third-order valence-electron chi connectivity index (χ3n) is 3.99. The number of anilines is 2. The molecule has 0 atom stereocenters. The minimum absolute atomic E-state index is 0.174. The zero-order valence-electron chi connectivity index (χ0n) is 13.8. The fourth-order valence-corrected chi connectivity index (χ4v) is 2.76. The molecule has 0 amide bonds. The van der Waals surface area contributed by atoms with Gasteiger partial charge in [0.1, 0.15) is 5.69 Å². The maximum atomic E-state index is 11.7. The van der Waals surface area contributed by atoms with Crippen molar-refractivity contribution in [3.63, 3.8) is 0 Å². The number of benzene rings is 3. The van der Waals surface area contributed by atoms with Gasteiger partial charge in [0.15, 0.2) is 5.84 Å². The Balaban J connectivity index is 1.82. The van der Waals surface area contributed by atoms with Gasteiger partial charge in [-0.05, 0) is 24.3 Å². The van der Waals surface area contributed by atoms with Crippen molar-refractivity contribution >= 4 is 23.2 Å². The Morgan fingerprint density at radius 2 is 1.46 bits per heavy atom. The molecule has 0 spiro atoms. The first kappa shape index (κ1) is 15.7. The number of amidine groups is 1. The number of hydrogen-bond donors (Lipinski definition) is 2. The molecule has 3 aromatic carbocycles. The van der Waals surface area contributed by atoms with E-state index in [1.807, 2.05) is 60.7 Å². The van der Waals surface area contributed by atoms with Gasteiger partial charge in [0, 0.05) is 5.56 Å². The quantitative estimate of drug-likeness (QED) is 0.758. The highest BCUT2D eigenvalue weighted by molar-refractivity contribution is 6.03. The minimum atomic E-state index is -1.00. The van der Waals surface area contributed by atoms with E-state index in [1.54, 1.807) is 34.5 Å². The standard InChI is InChI=1S/C20H16N4O2/c25-20(26)17-13-7-8-14-18(17)24-22-19(15-9-3-1-4-10-15)21-23(24)16-11-5-2-6-12-16/h1-14H,(H,21,22)(H,25,26). The molecule has 128 valence electrons. The Labute approximate surface area is 150 Å². The third-order valence-corrected chi connectivity index (χ3v) is 3.99. The van der Waals surface area contributed by atoms with Crippen molar-refractivity contribution in [1.82, 2.24) is 5.43 Å². The van der Waals surface area contributed by atoms with Crippen LogP contribution in [0.4, 0.5) is 11.4 Å². The molecule has 6 nitrogen and oxygen atoms in total. The van der Waals surface area contributed by atoms with Crippen LogP contribution in [0.15, 0.2) is 90.0 Å². The van der Waals surface area contributed by atoms with Crippen LogP contribution in [0.2, 0.25) is 0 Å². The van der Waals surface area contributed by atoms with Crippen LogP contribution in [-0.2, 0) is 0 Å². The van der Waals surface area contributed by atoms with Gasteiger partial charge in [0.2, 0.25) is 0 Å². The van der Waals surface area contributed by atoms with Gasteiger partial charge in [-0.1, -0.05) is 60.7 Å². The van der Waals surface area contributed by atoms with Crippen molar-refractivity contribution in [3.05, 3.63) is 96.1 Å². The number of carboxylic acids is 1. The number of para-hydroxylation sites is 2. The molecule has 0 bridgehead atoms. The molecule has 26 heavy (non-hydrogen) atoms. The summed E-state index contributed by atoms with van der Waals surface area (Å²) < 4.78 is 0. The lowest BCUT2D eigenvalue weighted by molar-refractivity contribution is 0.0697. The van der Waals surface area contributed by atoms with Crippen molar-refractivity contribution in [2.75, 3.05) is 10.2 Å². The predicted molar refractivity (Wildman–Crippen MR) is 101 cm³/mol. The van der Waals surface area contributed by atoms with Gasteiger partial charge in [-0.15, -0.1) is 10.2 Å². The number of rotatable bonds is 4. The molecule has 1 aliphatic heterocycles. The first-order valence-electron chi connectivity index (χ1n) is 8.12. The average Bonchev–Trinajstić information content (AvgIpc) is 3.14. The molecule has 0 unspecified atom stereocenters. The molecule has 6 heteroatoms. The Morgan fingerprint density at radius 3 is 2.15 bits per heavy atom. The fraction of sp³-hybridized carbons (Fsp3) is 0. The van der Waals surface area contributed by atoms with Gasteiger partial charge >= 0.3 is 5.97 Å². The number of carbonyl (C=O) groups is 1. The zero-order valence-corrected chi connectivity index (χ0v) is 13.8. The zero-order chi connectivity index (χ0) is 17.9. The predicted octanol–water partition coefficient (Wildman–Crippen LogP) is 3.49. The summed E-state index contributed by atoms with van der Waals surface area (Å²) in [6.45, 7) is 0. The van der Waals surface area contributed by atoms with E-state index in [9.17, 15) is 9.90 Å². The molecule has 3 aromatic rings. The maximum Gasteiger partial charge on any atom is 0.337 e. The second-order valence-electron chi connectivity index (χ2n) is 5.69. The van der Waals surface area contributed by atoms with Crippen LogP contribution >= 0.6 is 0 Å². The summed E-state index contributed by atoms with van der Waals surface area (Å²) in [7, 11) is 0. The van der Waals surface area contributed by atoms with E-state index in [2.05, 4.69) is 10.5 Å². The molecule has 0 aliphatic carbocycles. The van der Waals surface area contributed by atoms with E-state index in [1.165, 1.54) is 0 Å².